The molecule has 2 N–H and O–H groups in total. The number of aromatic nitrogens is 2. The van der Waals surface area contributed by atoms with Gasteiger partial charge in [-0.3, -0.25) is 9.20 Å². The lowest BCUT2D eigenvalue weighted by Gasteiger charge is -2.29. The molecule has 1 aliphatic rings. The van der Waals surface area contributed by atoms with Gasteiger partial charge in [-0.05, 0) is 36.8 Å². The molecular weight excluding hydrogens is 371 g/mol. The van der Waals surface area contributed by atoms with E-state index in [-0.39, 0.29) is 11.4 Å². The highest BCUT2D eigenvalue weighted by molar-refractivity contribution is 5.46. The van der Waals surface area contributed by atoms with E-state index in [0.29, 0.717) is 0 Å². The van der Waals surface area contributed by atoms with Gasteiger partial charge in [-0.2, -0.15) is 0 Å². The summed E-state index contributed by atoms with van der Waals surface area (Å²) in [7, 11) is 1.62. The topological polar surface area (TPSA) is 52.5 Å². The molecule has 3 heterocycles. The predicted molar refractivity (Wildman–Crippen MR) is 108 cm³/mol. The number of quaternary nitrogens is 2. The standard InChI is InChI=1S/C22H25FN4O2/c1-16-4-3-7-27-21(28)13-19(24-22(16)27)15-26-10-8-25(9-11-26)14-17-12-18(23)5-6-20(17)29-2/h3-7,12-13H,8-11,14-15H2,1-2H3/p+2. The SMILES string of the molecule is COc1ccc(F)cc1C[NH+]1CC[NH+](Cc2cc(=O)n3cccc(C)c3n2)CC1. The molecule has 1 saturated heterocycles. The van der Waals surface area contributed by atoms with E-state index in [1.807, 2.05) is 19.1 Å². The highest BCUT2D eigenvalue weighted by atomic mass is 19.1. The minimum Gasteiger partial charge on any atom is -0.496 e. The Morgan fingerprint density at radius 2 is 1.83 bits per heavy atom. The summed E-state index contributed by atoms with van der Waals surface area (Å²) in [6.07, 6.45) is 1.76. The van der Waals surface area contributed by atoms with Crippen molar-refractivity contribution in [3.8, 4) is 5.75 Å². The molecular formula is C22H27FN4O2+2. The van der Waals surface area contributed by atoms with Crippen LogP contribution in [0.15, 0.2) is 47.4 Å². The summed E-state index contributed by atoms with van der Waals surface area (Å²) in [6, 6.07) is 10.2. The van der Waals surface area contributed by atoms with Crippen LogP contribution in [0.1, 0.15) is 16.8 Å². The molecule has 0 radical (unpaired) electrons. The number of nitrogens with zero attached hydrogens (tertiary/aromatic N) is 2. The fourth-order valence-corrected chi connectivity index (χ4v) is 4.12. The van der Waals surface area contributed by atoms with Crippen LogP contribution in [0.5, 0.6) is 5.75 Å². The summed E-state index contributed by atoms with van der Waals surface area (Å²) in [5.41, 5.74) is 3.45. The number of piperazine rings is 1. The molecule has 1 aromatic carbocycles. The minimum atomic E-state index is -0.228. The minimum absolute atomic E-state index is 0.0319. The molecule has 2 aromatic heterocycles. The van der Waals surface area contributed by atoms with E-state index in [4.69, 9.17) is 9.72 Å². The van der Waals surface area contributed by atoms with Gasteiger partial charge in [0.2, 0.25) is 0 Å². The van der Waals surface area contributed by atoms with Gasteiger partial charge in [0.05, 0.1) is 12.7 Å². The summed E-state index contributed by atoms with van der Waals surface area (Å²) in [5.74, 6) is 0.512. The van der Waals surface area contributed by atoms with E-state index in [0.717, 1.165) is 67.5 Å². The molecule has 3 aromatic rings. The van der Waals surface area contributed by atoms with Gasteiger partial charge in [0, 0.05) is 12.3 Å². The van der Waals surface area contributed by atoms with Gasteiger partial charge >= 0.3 is 0 Å². The van der Waals surface area contributed by atoms with Crippen LogP contribution in [0.2, 0.25) is 0 Å². The van der Waals surface area contributed by atoms with Crippen molar-refractivity contribution in [2.24, 2.45) is 0 Å². The molecule has 152 valence electrons. The van der Waals surface area contributed by atoms with E-state index >= 15 is 0 Å². The number of rotatable bonds is 5. The summed E-state index contributed by atoms with van der Waals surface area (Å²) >= 11 is 0. The number of ether oxygens (including phenoxy) is 1. The third kappa shape index (κ3) is 4.31. The number of fused-ring (bicyclic) bond motifs is 1. The Bertz CT molecular complexity index is 1070. The van der Waals surface area contributed by atoms with Crippen LogP contribution in [-0.2, 0) is 13.1 Å². The van der Waals surface area contributed by atoms with Gasteiger partial charge in [-0.25, -0.2) is 9.37 Å². The zero-order chi connectivity index (χ0) is 20.4. The molecule has 29 heavy (non-hydrogen) atoms. The van der Waals surface area contributed by atoms with Crippen molar-refractivity contribution in [2.45, 2.75) is 20.0 Å². The highest BCUT2D eigenvalue weighted by Gasteiger charge is 2.25. The summed E-state index contributed by atoms with van der Waals surface area (Å²) in [5, 5.41) is 0. The van der Waals surface area contributed by atoms with Crippen molar-refractivity contribution in [3.63, 3.8) is 0 Å². The Kier molecular flexibility index (Phi) is 5.60. The maximum absolute atomic E-state index is 13.6. The van der Waals surface area contributed by atoms with Gasteiger partial charge in [-0.15, -0.1) is 0 Å². The second-order valence-corrected chi connectivity index (χ2v) is 7.78. The van der Waals surface area contributed by atoms with Crippen LogP contribution >= 0.6 is 0 Å². The Morgan fingerprint density at radius 1 is 1.10 bits per heavy atom. The second kappa shape index (κ2) is 8.31. The Balaban J connectivity index is 1.41. The highest BCUT2D eigenvalue weighted by Crippen LogP contribution is 2.18. The summed E-state index contributed by atoms with van der Waals surface area (Å²) < 4.78 is 20.6. The van der Waals surface area contributed by atoms with Gasteiger partial charge in [-0.1, -0.05) is 6.07 Å². The molecule has 4 rings (SSSR count). The van der Waals surface area contributed by atoms with E-state index in [2.05, 4.69) is 0 Å². The van der Waals surface area contributed by atoms with E-state index in [1.165, 1.54) is 15.9 Å². The molecule has 0 aliphatic carbocycles. The van der Waals surface area contributed by atoms with Gasteiger partial charge in [0.1, 0.15) is 62.2 Å². The van der Waals surface area contributed by atoms with E-state index in [1.54, 1.807) is 35.9 Å². The maximum atomic E-state index is 13.6. The number of aryl methyl sites for hydroxylation is 1. The Hall–Kier alpha value is -2.77. The smallest absolute Gasteiger partial charge is 0.258 e. The first-order valence-corrected chi connectivity index (χ1v) is 10.0. The predicted octanol–water partition coefficient (Wildman–Crippen LogP) is -0.366. The lowest BCUT2D eigenvalue weighted by molar-refractivity contribution is -1.02. The van der Waals surface area contributed by atoms with E-state index in [9.17, 15) is 9.18 Å². The molecule has 0 amide bonds. The maximum Gasteiger partial charge on any atom is 0.258 e. The fraction of sp³-hybridized carbons (Fsp3) is 0.364. The first-order chi connectivity index (χ1) is 14.0. The monoisotopic (exact) mass is 398 g/mol. The second-order valence-electron chi connectivity index (χ2n) is 7.78. The van der Waals surface area contributed by atoms with Crippen molar-refractivity contribution in [2.75, 3.05) is 33.3 Å². The first kappa shape index (κ1) is 19.5. The number of pyridine rings is 1. The van der Waals surface area contributed by atoms with Gasteiger partial charge in [0.25, 0.3) is 5.56 Å². The van der Waals surface area contributed by atoms with Crippen molar-refractivity contribution in [3.05, 3.63) is 75.6 Å². The van der Waals surface area contributed by atoms with Crippen molar-refractivity contribution in [1.82, 2.24) is 9.38 Å². The average Bonchev–Trinajstić information content (AvgIpc) is 2.71. The third-order valence-electron chi connectivity index (χ3n) is 5.72. The average molecular weight is 398 g/mol. The van der Waals surface area contributed by atoms with Crippen molar-refractivity contribution >= 4 is 5.65 Å². The number of benzene rings is 1. The summed E-state index contributed by atoms with van der Waals surface area (Å²) in [4.78, 5) is 20.0. The lowest BCUT2D eigenvalue weighted by atomic mass is 10.1. The molecule has 0 spiro atoms. The van der Waals surface area contributed by atoms with Crippen LogP contribution < -0.4 is 20.1 Å². The van der Waals surface area contributed by atoms with Gasteiger partial charge < -0.3 is 14.5 Å². The molecule has 6 nitrogen and oxygen atoms in total. The lowest BCUT2D eigenvalue weighted by Crippen LogP contribution is -3.27. The Morgan fingerprint density at radius 3 is 2.55 bits per heavy atom. The molecule has 0 saturated carbocycles. The zero-order valence-corrected chi connectivity index (χ0v) is 16.9. The number of hydrogen-bond acceptors (Lipinski definition) is 3. The van der Waals surface area contributed by atoms with Crippen LogP contribution in [0.4, 0.5) is 4.39 Å². The number of nitrogens with one attached hydrogen (secondary N) is 2. The molecule has 0 unspecified atom stereocenters. The third-order valence-corrected chi connectivity index (χ3v) is 5.72. The number of hydrogen-bond donors (Lipinski definition) is 2. The Labute approximate surface area is 169 Å². The normalized spacial score (nSPS) is 19.4. The number of halogens is 1. The molecule has 0 atom stereocenters. The molecule has 1 aliphatic heterocycles. The summed E-state index contributed by atoms with van der Waals surface area (Å²) in [6.45, 7) is 7.42. The molecule has 1 fully saturated rings. The van der Waals surface area contributed by atoms with E-state index < -0.39 is 0 Å². The number of methoxy groups -OCH3 is 1. The quantitative estimate of drug-likeness (QED) is 0.617. The van der Waals surface area contributed by atoms with Crippen LogP contribution in [0.3, 0.4) is 0 Å². The van der Waals surface area contributed by atoms with Crippen LogP contribution in [-0.4, -0.2) is 42.7 Å². The van der Waals surface area contributed by atoms with Crippen LogP contribution in [0, 0.1) is 12.7 Å². The molecule has 0 bridgehead atoms. The first-order valence-electron chi connectivity index (χ1n) is 10.0. The van der Waals surface area contributed by atoms with Crippen molar-refractivity contribution < 1.29 is 18.9 Å². The van der Waals surface area contributed by atoms with Gasteiger partial charge in [0.15, 0.2) is 0 Å². The zero-order valence-electron chi connectivity index (χ0n) is 16.9. The molecule has 7 heteroatoms. The van der Waals surface area contributed by atoms with Crippen LogP contribution in [0.25, 0.3) is 5.65 Å². The van der Waals surface area contributed by atoms with Crippen molar-refractivity contribution in [1.29, 1.82) is 0 Å². The largest absolute Gasteiger partial charge is 0.496 e. The fourth-order valence-electron chi connectivity index (χ4n) is 4.12.